The Kier molecular flexibility index (Phi) is 1.53. The fourth-order valence-electron chi connectivity index (χ4n) is 1.95. The second-order valence-corrected chi connectivity index (χ2v) is 4.68. The van der Waals surface area contributed by atoms with Crippen molar-refractivity contribution >= 4 is 21.6 Å². The van der Waals surface area contributed by atoms with Crippen molar-refractivity contribution in [2.45, 2.75) is 32.2 Å². The van der Waals surface area contributed by atoms with E-state index in [2.05, 4.69) is 29.1 Å². The van der Waals surface area contributed by atoms with Crippen molar-refractivity contribution in [2.24, 2.45) is 0 Å². The van der Waals surface area contributed by atoms with Gasteiger partial charge in [0.05, 0.1) is 0 Å². The molecule has 1 aliphatic rings. The molecule has 0 spiro atoms. The first-order valence-electron chi connectivity index (χ1n) is 4.97. The topological polar surface area (TPSA) is 4.93 Å². The molecule has 2 aromatic rings. The molecule has 0 bridgehead atoms. The lowest BCUT2D eigenvalue weighted by Gasteiger charge is -1.97. The second kappa shape index (κ2) is 2.61. The first-order chi connectivity index (χ1) is 6.40. The van der Waals surface area contributed by atoms with Gasteiger partial charge in [0, 0.05) is 17.6 Å². The minimum absolute atomic E-state index is 0.821. The van der Waals surface area contributed by atoms with Crippen LogP contribution in [0, 0.1) is 0 Å². The van der Waals surface area contributed by atoms with Gasteiger partial charge in [0.1, 0.15) is 4.83 Å². The maximum Gasteiger partial charge on any atom is 0.103 e. The lowest BCUT2D eigenvalue weighted by Crippen LogP contribution is -1.88. The van der Waals surface area contributed by atoms with Crippen LogP contribution in [-0.4, -0.2) is 4.57 Å². The van der Waals surface area contributed by atoms with Crippen molar-refractivity contribution in [1.29, 1.82) is 0 Å². The average molecular weight is 191 g/mol. The van der Waals surface area contributed by atoms with E-state index in [1.807, 2.05) is 11.3 Å². The number of hydrogen-bond donors (Lipinski definition) is 0. The summed E-state index contributed by atoms with van der Waals surface area (Å²) in [5, 5.41) is 3.70. The number of rotatable bonds is 2. The molecule has 0 saturated heterocycles. The largest absolute Gasteiger partial charge is 0.336 e. The molecule has 1 saturated carbocycles. The fourth-order valence-corrected chi connectivity index (χ4v) is 2.93. The van der Waals surface area contributed by atoms with Gasteiger partial charge in [0.25, 0.3) is 0 Å². The van der Waals surface area contributed by atoms with Gasteiger partial charge in [0.2, 0.25) is 0 Å². The molecule has 2 heteroatoms. The molecule has 0 amide bonds. The molecule has 0 radical (unpaired) electrons. The number of fused-ring (bicyclic) bond motifs is 1. The summed E-state index contributed by atoms with van der Waals surface area (Å²) < 4.78 is 2.48. The van der Waals surface area contributed by atoms with Crippen LogP contribution in [-0.2, 0) is 6.42 Å². The Morgan fingerprint density at radius 3 is 3.08 bits per heavy atom. The van der Waals surface area contributed by atoms with E-state index < -0.39 is 0 Å². The van der Waals surface area contributed by atoms with Gasteiger partial charge in [-0.15, -0.1) is 11.3 Å². The van der Waals surface area contributed by atoms with Gasteiger partial charge in [-0.25, -0.2) is 0 Å². The molecule has 1 fully saturated rings. The van der Waals surface area contributed by atoms with Crippen molar-refractivity contribution in [1.82, 2.24) is 4.57 Å². The molecule has 0 atom stereocenters. The zero-order valence-corrected chi connectivity index (χ0v) is 8.60. The first kappa shape index (κ1) is 7.63. The molecule has 2 heterocycles. The average Bonchev–Trinajstić information content (AvgIpc) is 2.77. The molecule has 0 unspecified atom stereocenters. The van der Waals surface area contributed by atoms with Gasteiger partial charge in [0.15, 0.2) is 0 Å². The minimum Gasteiger partial charge on any atom is -0.336 e. The monoisotopic (exact) mass is 191 g/mol. The van der Waals surface area contributed by atoms with Crippen molar-refractivity contribution in [2.75, 3.05) is 0 Å². The summed E-state index contributed by atoms with van der Waals surface area (Å²) in [5.74, 6) is 0. The van der Waals surface area contributed by atoms with Crippen LogP contribution >= 0.6 is 11.3 Å². The molecular weight excluding hydrogens is 178 g/mol. The van der Waals surface area contributed by atoms with Crippen molar-refractivity contribution < 1.29 is 0 Å². The lowest BCUT2D eigenvalue weighted by molar-refractivity contribution is 0.776. The normalized spacial score (nSPS) is 17.0. The lowest BCUT2D eigenvalue weighted by atomic mass is 10.2. The highest BCUT2D eigenvalue weighted by Gasteiger charge is 2.25. The highest BCUT2D eigenvalue weighted by molar-refractivity contribution is 7.16. The maximum atomic E-state index is 2.48. The van der Waals surface area contributed by atoms with Crippen LogP contribution in [0.2, 0.25) is 0 Å². The Hall–Kier alpha value is -0.760. The molecule has 3 rings (SSSR count). The summed E-state index contributed by atoms with van der Waals surface area (Å²) in [6.07, 6.45) is 6.28. The van der Waals surface area contributed by atoms with E-state index in [-0.39, 0.29) is 0 Å². The third kappa shape index (κ3) is 1.05. The van der Waals surface area contributed by atoms with Crippen molar-refractivity contribution in [3.63, 3.8) is 0 Å². The van der Waals surface area contributed by atoms with Crippen molar-refractivity contribution in [3.8, 4) is 0 Å². The molecule has 13 heavy (non-hydrogen) atoms. The predicted octanol–water partition coefficient (Wildman–Crippen LogP) is 3.60. The maximum absolute atomic E-state index is 2.48. The molecule has 0 aliphatic heterocycles. The minimum atomic E-state index is 0.821. The molecular formula is C11H13NS. The van der Waals surface area contributed by atoms with Gasteiger partial charge in [-0.3, -0.25) is 0 Å². The van der Waals surface area contributed by atoms with E-state index >= 15 is 0 Å². The third-order valence-electron chi connectivity index (χ3n) is 2.84. The summed E-state index contributed by atoms with van der Waals surface area (Å²) in [5.41, 5.74) is 1.52. The number of aryl methyl sites for hydroxylation is 1. The number of aromatic nitrogens is 1. The molecule has 68 valence electrons. The zero-order valence-electron chi connectivity index (χ0n) is 7.79. The predicted molar refractivity (Wildman–Crippen MR) is 57.5 cm³/mol. The second-order valence-electron chi connectivity index (χ2n) is 3.79. The Balaban J connectivity index is 2.26. The zero-order chi connectivity index (χ0) is 8.84. The van der Waals surface area contributed by atoms with E-state index in [4.69, 9.17) is 0 Å². The van der Waals surface area contributed by atoms with Crippen LogP contribution < -0.4 is 0 Å². The SMILES string of the molecule is CCc1cn(C2CC2)c2sccc12. The molecule has 1 nitrogen and oxygen atoms in total. The molecule has 0 aromatic carbocycles. The molecule has 0 N–H and O–H groups in total. The smallest absolute Gasteiger partial charge is 0.103 e. The van der Waals surface area contributed by atoms with Gasteiger partial charge in [-0.2, -0.15) is 0 Å². The quantitative estimate of drug-likeness (QED) is 0.683. The number of nitrogens with zero attached hydrogens (tertiary/aromatic N) is 1. The Morgan fingerprint density at radius 2 is 2.38 bits per heavy atom. The Labute approximate surface area is 82.0 Å². The van der Waals surface area contributed by atoms with Crippen LogP contribution in [0.1, 0.15) is 31.4 Å². The Bertz CT molecular complexity index is 434. The third-order valence-corrected chi connectivity index (χ3v) is 3.77. The van der Waals surface area contributed by atoms with E-state index in [1.54, 1.807) is 0 Å². The van der Waals surface area contributed by atoms with Crippen LogP contribution in [0.25, 0.3) is 10.2 Å². The molecule has 1 aliphatic carbocycles. The van der Waals surface area contributed by atoms with E-state index in [1.165, 1.54) is 28.6 Å². The van der Waals surface area contributed by atoms with Crippen LogP contribution in [0.5, 0.6) is 0 Å². The summed E-state index contributed by atoms with van der Waals surface area (Å²) in [6, 6.07) is 3.08. The number of hydrogen-bond acceptors (Lipinski definition) is 1. The van der Waals surface area contributed by atoms with E-state index in [0.29, 0.717) is 0 Å². The summed E-state index contributed by atoms with van der Waals surface area (Å²) in [4.78, 5) is 1.49. The van der Waals surface area contributed by atoms with E-state index in [9.17, 15) is 0 Å². The summed E-state index contributed by atoms with van der Waals surface area (Å²) in [7, 11) is 0. The first-order valence-corrected chi connectivity index (χ1v) is 5.85. The summed E-state index contributed by atoms with van der Waals surface area (Å²) >= 11 is 1.88. The van der Waals surface area contributed by atoms with Crippen LogP contribution in [0.15, 0.2) is 17.6 Å². The van der Waals surface area contributed by atoms with Gasteiger partial charge in [-0.1, -0.05) is 6.92 Å². The highest BCUT2D eigenvalue weighted by atomic mass is 32.1. The standard InChI is InChI=1S/C11H13NS/c1-2-8-7-12(9-3-4-9)11-10(8)5-6-13-11/h5-7,9H,2-4H2,1H3. The van der Waals surface area contributed by atoms with Crippen molar-refractivity contribution in [3.05, 3.63) is 23.2 Å². The van der Waals surface area contributed by atoms with Gasteiger partial charge < -0.3 is 4.57 Å². The Morgan fingerprint density at radius 1 is 1.54 bits per heavy atom. The fraction of sp³-hybridized carbons (Fsp3) is 0.455. The van der Waals surface area contributed by atoms with Gasteiger partial charge in [-0.05, 0) is 36.3 Å². The van der Waals surface area contributed by atoms with Gasteiger partial charge >= 0.3 is 0 Å². The molecule has 2 aromatic heterocycles. The van der Waals surface area contributed by atoms with Crippen LogP contribution in [0.3, 0.4) is 0 Å². The van der Waals surface area contributed by atoms with Crippen LogP contribution in [0.4, 0.5) is 0 Å². The van der Waals surface area contributed by atoms with E-state index in [0.717, 1.165) is 12.5 Å². The summed E-state index contributed by atoms with van der Waals surface area (Å²) in [6.45, 7) is 2.24. The number of thiophene rings is 1. The highest BCUT2D eigenvalue weighted by Crippen LogP contribution is 2.40.